The van der Waals surface area contributed by atoms with Crippen LogP contribution in [0.5, 0.6) is 0 Å². The zero-order valence-electron chi connectivity index (χ0n) is 3.27. The fourth-order valence-corrected chi connectivity index (χ4v) is 0. The van der Waals surface area contributed by atoms with Crippen molar-refractivity contribution >= 4 is 6.47 Å². The highest BCUT2D eigenvalue weighted by Crippen LogP contribution is 1.29. The van der Waals surface area contributed by atoms with Crippen LogP contribution in [0, 0.1) is 10.1 Å². The van der Waals surface area contributed by atoms with E-state index in [4.69, 9.17) is 20.0 Å². The zero-order valence-corrected chi connectivity index (χ0v) is 3.27. The Hall–Kier alpha value is -1.33. The molecule has 0 bridgehead atoms. The molecule has 0 aliphatic carbocycles. The van der Waals surface area contributed by atoms with Gasteiger partial charge in [-0.25, -0.2) is 10.1 Å². The SMILES string of the molecule is N[N+](=O)[O-].O=CO. The minimum Gasteiger partial charge on any atom is -0.483 e. The van der Waals surface area contributed by atoms with Crippen LogP contribution < -0.4 is 5.84 Å². The van der Waals surface area contributed by atoms with E-state index in [-0.39, 0.29) is 6.47 Å². The summed E-state index contributed by atoms with van der Waals surface area (Å²) < 4.78 is 0. The van der Waals surface area contributed by atoms with Crippen molar-refractivity contribution in [3.63, 3.8) is 0 Å². The van der Waals surface area contributed by atoms with E-state index in [1.807, 2.05) is 0 Å². The van der Waals surface area contributed by atoms with Gasteiger partial charge < -0.3 is 5.11 Å². The molecule has 0 amide bonds. The van der Waals surface area contributed by atoms with Gasteiger partial charge in [0.1, 0.15) is 0 Å². The summed E-state index contributed by atoms with van der Waals surface area (Å²) in [6.07, 6.45) is 0. The van der Waals surface area contributed by atoms with Gasteiger partial charge in [0.05, 0.1) is 0 Å². The first-order valence-corrected chi connectivity index (χ1v) is 1.12. The number of hydrogen-bond donors (Lipinski definition) is 2. The third kappa shape index (κ3) is 18.8. The van der Waals surface area contributed by atoms with Crippen molar-refractivity contribution in [1.29, 1.82) is 0 Å². The Kier molecular flexibility index (Phi) is 11.6. The lowest BCUT2D eigenvalue weighted by molar-refractivity contribution is -0.491. The molecular weight excluding hydrogens is 104 g/mol. The van der Waals surface area contributed by atoms with Gasteiger partial charge in [0.15, 0.2) is 5.03 Å². The first kappa shape index (κ1) is 9.18. The van der Waals surface area contributed by atoms with E-state index in [2.05, 4.69) is 5.84 Å². The van der Waals surface area contributed by atoms with E-state index in [1.165, 1.54) is 0 Å². The Morgan fingerprint density at radius 1 is 1.86 bits per heavy atom. The minimum atomic E-state index is -1.00. The molecule has 0 rings (SSSR count). The van der Waals surface area contributed by atoms with E-state index in [0.717, 1.165) is 0 Å². The van der Waals surface area contributed by atoms with Crippen molar-refractivity contribution < 1.29 is 14.9 Å². The van der Waals surface area contributed by atoms with Crippen molar-refractivity contribution in [2.45, 2.75) is 0 Å². The highest BCUT2D eigenvalue weighted by Gasteiger charge is 1.57. The second kappa shape index (κ2) is 8.82. The summed E-state index contributed by atoms with van der Waals surface area (Å²) in [6, 6.07) is 0. The van der Waals surface area contributed by atoms with Crippen LogP contribution >= 0.6 is 0 Å². The molecular formula is CH4N2O4. The van der Waals surface area contributed by atoms with E-state index in [9.17, 15) is 0 Å². The van der Waals surface area contributed by atoms with Crippen LogP contribution in [0.1, 0.15) is 0 Å². The molecule has 0 aliphatic heterocycles. The molecule has 0 spiro atoms. The van der Waals surface area contributed by atoms with Gasteiger partial charge in [0.25, 0.3) is 6.47 Å². The number of nitrogens with zero attached hydrogens (tertiary/aromatic N) is 1. The predicted molar refractivity (Wildman–Crippen MR) is 19.9 cm³/mol. The molecule has 0 aromatic rings. The van der Waals surface area contributed by atoms with Gasteiger partial charge in [-0.2, -0.15) is 5.84 Å². The van der Waals surface area contributed by atoms with E-state index >= 15 is 0 Å². The van der Waals surface area contributed by atoms with Crippen molar-refractivity contribution in [3.05, 3.63) is 10.1 Å². The third-order valence-corrected chi connectivity index (χ3v) is 0. The fourth-order valence-electron chi connectivity index (χ4n) is 0. The molecule has 7 heavy (non-hydrogen) atoms. The van der Waals surface area contributed by atoms with Gasteiger partial charge in [-0.15, -0.1) is 0 Å². The van der Waals surface area contributed by atoms with Crippen molar-refractivity contribution in [3.8, 4) is 0 Å². The third-order valence-electron chi connectivity index (χ3n) is 0. The molecule has 0 radical (unpaired) electrons. The largest absolute Gasteiger partial charge is 0.483 e. The maximum atomic E-state index is 8.58. The van der Waals surface area contributed by atoms with E-state index in [0.29, 0.717) is 0 Å². The summed E-state index contributed by atoms with van der Waals surface area (Å²) in [5.74, 6) is 3.83. The first-order chi connectivity index (χ1) is 3.15. The summed E-state index contributed by atoms with van der Waals surface area (Å²) in [5, 5.41) is 14.5. The van der Waals surface area contributed by atoms with Gasteiger partial charge in [-0.3, -0.25) is 4.79 Å². The molecule has 0 aromatic heterocycles. The predicted octanol–water partition coefficient (Wildman–Crippen LogP) is -1.16. The van der Waals surface area contributed by atoms with Crippen LogP contribution in [0.4, 0.5) is 0 Å². The molecule has 0 saturated heterocycles. The number of nitrogens with two attached hydrogens (primary N) is 1. The van der Waals surface area contributed by atoms with Crippen molar-refractivity contribution in [1.82, 2.24) is 0 Å². The Bertz CT molecular complexity index is 56.7. The number of nitro groups is 1. The second-order valence-electron chi connectivity index (χ2n) is 0.391. The maximum absolute atomic E-state index is 8.58. The molecule has 0 aromatic carbocycles. The lowest BCUT2D eigenvalue weighted by atomic mass is 11.7. The number of carboxylic acid groups (broad SMARTS) is 1. The van der Waals surface area contributed by atoms with E-state index in [1.54, 1.807) is 0 Å². The van der Waals surface area contributed by atoms with Crippen LogP contribution in [0.15, 0.2) is 0 Å². The Morgan fingerprint density at radius 3 is 1.86 bits per heavy atom. The summed E-state index contributed by atoms with van der Waals surface area (Å²) in [7, 11) is 0. The Morgan fingerprint density at radius 2 is 1.86 bits per heavy atom. The van der Waals surface area contributed by atoms with E-state index < -0.39 is 5.03 Å². The number of carbonyl (C=O) groups is 1. The van der Waals surface area contributed by atoms with Crippen LogP contribution in [0.2, 0.25) is 0 Å². The van der Waals surface area contributed by atoms with Crippen LogP contribution in [0.25, 0.3) is 0 Å². The normalized spacial score (nSPS) is 5.14. The Labute approximate surface area is 38.7 Å². The van der Waals surface area contributed by atoms with Gasteiger partial charge in [0.2, 0.25) is 0 Å². The lowest BCUT2D eigenvalue weighted by Gasteiger charge is -1.61. The van der Waals surface area contributed by atoms with Crippen molar-refractivity contribution in [2.75, 3.05) is 0 Å². The molecule has 6 nitrogen and oxygen atoms in total. The zero-order chi connectivity index (χ0) is 6.28. The summed E-state index contributed by atoms with van der Waals surface area (Å²) >= 11 is 0. The standard InChI is InChI=1S/CH2O2.H2N2O2/c2-1-3;1-2(3)4/h1H,(H,2,3);1H2. The highest BCUT2D eigenvalue weighted by molar-refractivity contribution is 5.32. The molecule has 0 atom stereocenters. The summed E-state index contributed by atoms with van der Waals surface area (Å²) in [5.41, 5.74) is 0. The number of hydrazine groups is 1. The number of rotatable bonds is 0. The molecule has 0 aliphatic rings. The maximum Gasteiger partial charge on any atom is 0.290 e. The van der Waals surface area contributed by atoms with Gasteiger partial charge in [0, 0.05) is 0 Å². The minimum absolute atomic E-state index is 0.250. The molecule has 3 N–H and O–H groups in total. The average Bonchev–Trinajstić information content (AvgIpc) is 1.33. The summed E-state index contributed by atoms with van der Waals surface area (Å²) in [6.45, 7) is -0.250. The molecule has 42 valence electrons. The van der Waals surface area contributed by atoms with Crippen LogP contribution in [-0.2, 0) is 4.79 Å². The molecule has 0 fully saturated rings. The van der Waals surface area contributed by atoms with Crippen LogP contribution in [0.3, 0.4) is 0 Å². The molecule has 0 saturated carbocycles. The van der Waals surface area contributed by atoms with Gasteiger partial charge >= 0.3 is 0 Å². The topological polar surface area (TPSA) is 106 Å². The number of hydrogen-bond acceptors (Lipinski definition) is 3. The quantitative estimate of drug-likeness (QED) is 0.176. The average molecular weight is 108 g/mol. The Balaban J connectivity index is 0. The molecule has 0 unspecified atom stereocenters. The smallest absolute Gasteiger partial charge is 0.290 e. The highest BCUT2D eigenvalue weighted by atomic mass is 16.7. The van der Waals surface area contributed by atoms with Crippen LogP contribution in [-0.4, -0.2) is 16.6 Å². The summed E-state index contributed by atoms with van der Waals surface area (Å²) in [4.78, 5) is 16.9. The lowest BCUT2D eigenvalue weighted by Crippen LogP contribution is -2.04. The van der Waals surface area contributed by atoms with Gasteiger partial charge in [-0.1, -0.05) is 0 Å². The first-order valence-electron chi connectivity index (χ1n) is 1.12. The van der Waals surface area contributed by atoms with Gasteiger partial charge in [-0.05, 0) is 0 Å². The monoisotopic (exact) mass is 108 g/mol. The second-order valence-corrected chi connectivity index (χ2v) is 0.391. The fraction of sp³-hybridized carbons (Fsp3) is 0. The van der Waals surface area contributed by atoms with Crippen molar-refractivity contribution in [2.24, 2.45) is 5.84 Å². The molecule has 0 heterocycles. The molecule has 6 heteroatoms.